The lowest BCUT2D eigenvalue weighted by atomic mass is 10.2. The molecule has 6 aromatic carbocycles. The van der Waals surface area contributed by atoms with Crippen LogP contribution in [0.3, 0.4) is 0 Å². The summed E-state index contributed by atoms with van der Waals surface area (Å²) in [6, 6.07) is 50.2. The topological polar surface area (TPSA) is 26.9 Å². The van der Waals surface area contributed by atoms with Crippen molar-refractivity contribution >= 4 is 62.0 Å². The molecule has 188 valence electrons. The van der Waals surface area contributed by atoms with Gasteiger partial charge >= 0.3 is 7.80 Å². The largest absolute Gasteiger partial charge is 0.415 e. The molecule has 0 bridgehead atoms. The van der Waals surface area contributed by atoms with Gasteiger partial charge in [-0.1, -0.05) is 77.4 Å². The molecule has 0 amide bonds. The monoisotopic (exact) mass is 531 g/mol. The van der Waals surface area contributed by atoms with Gasteiger partial charge in [-0.15, -0.1) is 0 Å². The molecule has 8 aromatic rings. The molecule has 3 nitrogen and oxygen atoms in total. The van der Waals surface area contributed by atoms with E-state index < -0.39 is 7.80 Å². The highest BCUT2D eigenvalue weighted by molar-refractivity contribution is 7.61. The van der Waals surface area contributed by atoms with Gasteiger partial charge in [-0.05, 0) is 72.8 Å². The zero-order valence-corrected chi connectivity index (χ0v) is 22.5. The van der Waals surface area contributed by atoms with E-state index in [0.29, 0.717) is 0 Å². The van der Waals surface area contributed by atoms with Gasteiger partial charge in [-0.3, -0.25) is 0 Å². The summed E-state index contributed by atoms with van der Waals surface area (Å²) in [5, 5.41) is 6.58. The first-order chi connectivity index (χ1) is 19.8. The summed E-state index contributed by atoms with van der Waals surface area (Å²) < 4.78 is 18.2. The third-order valence-electron chi connectivity index (χ3n) is 7.84. The number of aromatic nitrogens is 2. The van der Waals surface area contributed by atoms with E-state index in [4.69, 9.17) is 0 Å². The first-order valence-electron chi connectivity index (χ1n) is 13.4. The molecular formula is C36H24N2OP+. The van der Waals surface area contributed by atoms with E-state index in [2.05, 4.69) is 130 Å². The number of hydrogen-bond acceptors (Lipinski definition) is 1. The van der Waals surface area contributed by atoms with Gasteiger partial charge in [0.15, 0.2) is 10.6 Å². The van der Waals surface area contributed by atoms with Gasteiger partial charge in [0, 0.05) is 32.9 Å². The van der Waals surface area contributed by atoms with Crippen molar-refractivity contribution in [2.45, 2.75) is 0 Å². The van der Waals surface area contributed by atoms with Crippen LogP contribution in [0.25, 0.3) is 55.0 Å². The van der Waals surface area contributed by atoms with Crippen molar-refractivity contribution in [3.8, 4) is 11.4 Å². The van der Waals surface area contributed by atoms with E-state index in [-0.39, 0.29) is 0 Å². The lowest BCUT2D eigenvalue weighted by molar-refractivity contribution is 0.598. The molecule has 0 spiro atoms. The Balaban J connectivity index is 1.15. The molecule has 0 saturated heterocycles. The van der Waals surface area contributed by atoms with Crippen molar-refractivity contribution in [1.29, 1.82) is 0 Å². The summed E-state index contributed by atoms with van der Waals surface area (Å²) in [7, 11) is -1.72. The molecule has 0 saturated carbocycles. The standard InChI is InChI=1S/C36H24N2OP/c39-40(27-21-17-25(18-22-27)37-33-13-5-1-9-29(33)30-10-2-6-14-34(30)37)28-23-19-26(20-24-28)38-35-15-7-3-11-31(35)32-12-4-8-16-36(32)38/h1-24H/q+1. The third-order valence-corrected chi connectivity index (χ3v) is 9.38. The maximum atomic E-state index is 13.6. The second-order valence-corrected chi connectivity index (χ2v) is 11.7. The average molecular weight is 532 g/mol. The van der Waals surface area contributed by atoms with E-state index in [1.807, 2.05) is 24.3 Å². The van der Waals surface area contributed by atoms with Crippen LogP contribution in [-0.4, -0.2) is 9.13 Å². The molecule has 0 atom stereocenters. The quantitative estimate of drug-likeness (QED) is 0.209. The van der Waals surface area contributed by atoms with Crippen molar-refractivity contribution in [3.63, 3.8) is 0 Å². The number of fused-ring (bicyclic) bond motifs is 6. The molecule has 0 fully saturated rings. The van der Waals surface area contributed by atoms with Crippen molar-refractivity contribution in [2.75, 3.05) is 0 Å². The lowest BCUT2D eigenvalue weighted by Crippen LogP contribution is -2.07. The predicted molar refractivity (Wildman–Crippen MR) is 168 cm³/mol. The first-order valence-corrected chi connectivity index (χ1v) is 14.7. The summed E-state index contributed by atoms with van der Waals surface area (Å²) >= 11 is 0. The zero-order valence-electron chi connectivity index (χ0n) is 21.6. The van der Waals surface area contributed by atoms with Crippen LogP contribution in [-0.2, 0) is 4.57 Å². The van der Waals surface area contributed by atoms with Gasteiger partial charge in [-0.2, -0.15) is 0 Å². The molecule has 4 heteroatoms. The Morgan fingerprint density at radius 1 is 0.350 bits per heavy atom. The van der Waals surface area contributed by atoms with Crippen LogP contribution in [0.15, 0.2) is 146 Å². The smallest absolute Gasteiger partial charge is 0.309 e. The van der Waals surface area contributed by atoms with Crippen LogP contribution < -0.4 is 10.6 Å². The molecule has 0 aliphatic heterocycles. The minimum Gasteiger partial charge on any atom is -0.309 e. The van der Waals surface area contributed by atoms with Crippen LogP contribution in [0.2, 0.25) is 0 Å². The summed E-state index contributed by atoms with van der Waals surface area (Å²) in [6.07, 6.45) is 0. The van der Waals surface area contributed by atoms with Crippen molar-refractivity contribution < 1.29 is 4.57 Å². The van der Waals surface area contributed by atoms with Crippen LogP contribution in [0.4, 0.5) is 0 Å². The summed E-state index contributed by atoms with van der Waals surface area (Å²) in [6.45, 7) is 0. The number of benzene rings is 6. The summed E-state index contributed by atoms with van der Waals surface area (Å²) in [5.41, 5.74) is 6.79. The molecule has 2 heterocycles. The van der Waals surface area contributed by atoms with Gasteiger partial charge in [-0.25, -0.2) is 0 Å². The van der Waals surface area contributed by atoms with Gasteiger partial charge in [0.05, 0.1) is 22.1 Å². The number of nitrogens with zero attached hydrogens (tertiary/aromatic N) is 2. The first kappa shape index (κ1) is 23.0. The fraction of sp³-hybridized carbons (Fsp3) is 0. The Morgan fingerprint density at radius 2 is 0.625 bits per heavy atom. The highest BCUT2D eigenvalue weighted by Gasteiger charge is 2.24. The lowest BCUT2D eigenvalue weighted by Gasteiger charge is -2.08. The minimum absolute atomic E-state index is 0.823. The minimum atomic E-state index is -1.72. The molecule has 0 aliphatic carbocycles. The average Bonchev–Trinajstić information content (AvgIpc) is 3.54. The predicted octanol–water partition coefficient (Wildman–Crippen LogP) is 8.66. The van der Waals surface area contributed by atoms with Crippen molar-refractivity contribution in [3.05, 3.63) is 146 Å². The van der Waals surface area contributed by atoms with E-state index >= 15 is 0 Å². The Morgan fingerprint density at radius 3 is 0.925 bits per heavy atom. The maximum Gasteiger partial charge on any atom is 0.415 e. The van der Waals surface area contributed by atoms with Crippen LogP contribution in [0.5, 0.6) is 0 Å². The SMILES string of the molecule is O=[P+](c1ccc(-n2c3ccccc3c3ccccc32)cc1)c1ccc(-n2c3ccccc3c3ccccc32)cc1. The summed E-state index contributed by atoms with van der Waals surface area (Å²) in [4.78, 5) is 0. The maximum absolute atomic E-state index is 13.6. The molecule has 2 aromatic heterocycles. The molecule has 0 radical (unpaired) electrons. The Kier molecular flexibility index (Phi) is 5.19. The van der Waals surface area contributed by atoms with Crippen LogP contribution >= 0.6 is 7.80 Å². The van der Waals surface area contributed by atoms with Crippen molar-refractivity contribution in [1.82, 2.24) is 9.13 Å². The second kappa shape index (κ2) is 9.05. The van der Waals surface area contributed by atoms with Gasteiger partial charge in [0.25, 0.3) is 0 Å². The number of hydrogen-bond donors (Lipinski definition) is 0. The fourth-order valence-corrected chi connectivity index (χ4v) is 7.16. The molecule has 0 unspecified atom stereocenters. The third kappa shape index (κ3) is 3.45. The second-order valence-electron chi connectivity index (χ2n) is 10.1. The molecular weight excluding hydrogens is 507 g/mol. The number of para-hydroxylation sites is 4. The van der Waals surface area contributed by atoms with E-state index in [0.717, 1.165) is 22.0 Å². The van der Waals surface area contributed by atoms with Gasteiger partial charge in [0.2, 0.25) is 0 Å². The zero-order chi connectivity index (χ0) is 26.6. The molecule has 8 rings (SSSR count). The Labute approximate surface area is 232 Å². The highest BCUT2D eigenvalue weighted by atomic mass is 31.1. The van der Waals surface area contributed by atoms with Crippen molar-refractivity contribution in [2.24, 2.45) is 0 Å². The van der Waals surface area contributed by atoms with E-state index in [9.17, 15) is 4.57 Å². The molecule has 40 heavy (non-hydrogen) atoms. The molecule has 0 N–H and O–H groups in total. The van der Waals surface area contributed by atoms with Crippen LogP contribution in [0, 0.1) is 0 Å². The summed E-state index contributed by atoms with van der Waals surface area (Å²) in [5.74, 6) is 0. The Hall–Kier alpha value is -4.98. The van der Waals surface area contributed by atoms with Gasteiger partial charge < -0.3 is 9.13 Å². The van der Waals surface area contributed by atoms with E-state index in [1.165, 1.54) is 43.6 Å². The van der Waals surface area contributed by atoms with Gasteiger partial charge in [0.1, 0.15) is 0 Å². The van der Waals surface area contributed by atoms with E-state index in [1.54, 1.807) is 0 Å². The molecule has 0 aliphatic rings. The Bertz CT molecular complexity index is 1960. The fourth-order valence-electron chi connectivity index (χ4n) is 6.02. The number of rotatable bonds is 4. The highest BCUT2D eigenvalue weighted by Crippen LogP contribution is 2.33. The normalized spacial score (nSPS) is 11.6. The van der Waals surface area contributed by atoms with Crippen LogP contribution in [0.1, 0.15) is 0 Å².